The third-order valence-electron chi connectivity index (χ3n) is 4.40. The third kappa shape index (κ3) is 3.16. The van der Waals surface area contributed by atoms with E-state index in [1.54, 1.807) is 0 Å². The number of aromatic amines is 1. The van der Waals surface area contributed by atoms with Gasteiger partial charge >= 0.3 is 0 Å². The summed E-state index contributed by atoms with van der Waals surface area (Å²) in [4.78, 5) is 10.2. The number of aliphatic hydroxyl groups is 1. The number of halogens is 1. The quantitative estimate of drug-likeness (QED) is 0.477. The van der Waals surface area contributed by atoms with Crippen LogP contribution < -0.4 is 5.32 Å². The molecule has 24 heavy (non-hydrogen) atoms. The summed E-state index contributed by atoms with van der Waals surface area (Å²) in [5.41, 5.74) is 4.56. The van der Waals surface area contributed by atoms with Gasteiger partial charge in [0.25, 0.3) is 0 Å². The predicted octanol–water partition coefficient (Wildman–Crippen LogP) is 2.99. The average Bonchev–Trinajstić information content (AvgIpc) is 3.02. The Bertz CT molecular complexity index is 734. The van der Waals surface area contributed by atoms with E-state index in [-0.39, 0.29) is 18.7 Å². The molecule has 3 N–H and O–H groups in total. The molecular formula is C17H21IN4OS. The Hall–Kier alpha value is -1.19. The fraction of sp³-hybridized carbons (Fsp3) is 0.412. The summed E-state index contributed by atoms with van der Waals surface area (Å²) in [5, 5.41) is 13.4. The van der Waals surface area contributed by atoms with E-state index in [4.69, 9.17) is 12.2 Å². The summed E-state index contributed by atoms with van der Waals surface area (Å²) in [6.07, 6.45) is 2.50. The predicted molar refractivity (Wildman–Crippen MR) is 107 cm³/mol. The molecule has 0 bridgehead atoms. The highest BCUT2D eigenvalue weighted by Gasteiger charge is 2.41. The van der Waals surface area contributed by atoms with Crippen molar-refractivity contribution < 1.29 is 5.11 Å². The standard InChI is InChI=1S/C17H21IN4OS/c1-10-13(14(18)11(2)20-10)16-15(12-6-3-4-7-19-12)21-17(24)22(16)8-5-9-23/h3-4,6-7,15-16,20,23H,5,8-9H2,1-2H3,(H,21,24)/t15-,16+/m0/s1. The van der Waals surface area contributed by atoms with Gasteiger partial charge in [0.1, 0.15) is 0 Å². The number of thiocarbonyl (C=S) groups is 1. The highest BCUT2D eigenvalue weighted by molar-refractivity contribution is 14.1. The van der Waals surface area contributed by atoms with Crippen molar-refractivity contribution in [3.63, 3.8) is 0 Å². The van der Waals surface area contributed by atoms with Gasteiger partial charge in [0.2, 0.25) is 0 Å². The fourth-order valence-corrected chi connectivity index (χ4v) is 4.51. The maximum atomic E-state index is 9.26. The largest absolute Gasteiger partial charge is 0.396 e. The van der Waals surface area contributed by atoms with Crippen molar-refractivity contribution in [3.05, 3.63) is 50.6 Å². The summed E-state index contributed by atoms with van der Waals surface area (Å²) < 4.78 is 1.23. The number of pyridine rings is 1. The van der Waals surface area contributed by atoms with E-state index in [1.165, 1.54) is 14.8 Å². The number of aliphatic hydroxyl groups excluding tert-OH is 1. The lowest BCUT2D eigenvalue weighted by atomic mass is 9.96. The van der Waals surface area contributed by atoms with Crippen LogP contribution in [0.25, 0.3) is 0 Å². The molecule has 3 rings (SSSR count). The Balaban J connectivity index is 2.07. The Labute approximate surface area is 161 Å². The van der Waals surface area contributed by atoms with Crippen LogP contribution in [0.2, 0.25) is 0 Å². The normalized spacial score (nSPS) is 20.5. The second kappa shape index (κ2) is 7.37. The van der Waals surface area contributed by atoms with E-state index < -0.39 is 0 Å². The zero-order chi connectivity index (χ0) is 17.3. The molecule has 3 heterocycles. The summed E-state index contributed by atoms with van der Waals surface area (Å²) in [5.74, 6) is 0. The number of hydrogen-bond donors (Lipinski definition) is 3. The molecular weight excluding hydrogens is 435 g/mol. The van der Waals surface area contributed by atoms with Gasteiger partial charge in [0.15, 0.2) is 5.11 Å². The van der Waals surface area contributed by atoms with Gasteiger partial charge < -0.3 is 20.3 Å². The first-order valence-corrected chi connectivity index (χ1v) is 9.46. The lowest BCUT2D eigenvalue weighted by Gasteiger charge is -2.28. The summed E-state index contributed by atoms with van der Waals surface area (Å²) in [6.45, 7) is 5.07. The van der Waals surface area contributed by atoms with E-state index in [9.17, 15) is 5.11 Å². The van der Waals surface area contributed by atoms with Gasteiger partial charge in [-0.05, 0) is 67.2 Å². The van der Waals surface area contributed by atoms with Crippen molar-refractivity contribution in [2.24, 2.45) is 0 Å². The van der Waals surface area contributed by atoms with Crippen molar-refractivity contribution in [1.82, 2.24) is 20.2 Å². The van der Waals surface area contributed by atoms with Gasteiger partial charge in [-0.1, -0.05) is 6.07 Å². The van der Waals surface area contributed by atoms with E-state index in [2.05, 4.69) is 56.6 Å². The highest BCUT2D eigenvalue weighted by atomic mass is 127. The maximum absolute atomic E-state index is 9.26. The molecule has 0 saturated carbocycles. The molecule has 1 saturated heterocycles. The number of nitrogens with zero attached hydrogens (tertiary/aromatic N) is 2. The number of H-pyrrole nitrogens is 1. The molecule has 128 valence electrons. The Morgan fingerprint density at radius 3 is 2.71 bits per heavy atom. The van der Waals surface area contributed by atoms with Crippen molar-refractivity contribution in [3.8, 4) is 0 Å². The van der Waals surface area contributed by atoms with Gasteiger partial charge in [-0.15, -0.1) is 0 Å². The topological polar surface area (TPSA) is 64.2 Å². The first-order valence-electron chi connectivity index (χ1n) is 7.98. The zero-order valence-electron chi connectivity index (χ0n) is 13.7. The van der Waals surface area contributed by atoms with E-state index in [0.29, 0.717) is 6.42 Å². The second-order valence-corrected chi connectivity index (χ2v) is 7.47. The molecule has 0 radical (unpaired) electrons. The average molecular weight is 456 g/mol. The van der Waals surface area contributed by atoms with Gasteiger partial charge in [-0.25, -0.2) is 0 Å². The first-order chi connectivity index (χ1) is 11.5. The minimum absolute atomic E-state index is 0.000177. The SMILES string of the molecule is Cc1[nH]c(C)c([C@@H]2[C@H](c3ccccn3)NC(=S)N2CCCO)c1I. The van der Waals surface area contributed by atoms with Gasteiger partial charge in [0, 0.05) is 39.9 Å². The third-order valence-corrected chi connectivity index (χ3v) is 6.14. The molecule has 2 aromatic rings. The molecule has 0 amide bonds. The number of hydrogen-bond acceptors (Lipinski definition) is 3. The molecule has 0 aromatic carbocycles. The van der Waals surface area contributed by atoms with Crippen LogP contribution in [0, 0.1) is 17.4 Å². The molecule has 1 fully saturated rings. The van der Waals surface area contributed by atoms with Crippen LogP contribution in [-0.2, 0) is 0 Å². The van der Waals surface area contributed by atoms with Gasteiger partial charge in [-0.3, -0.25) is 4.98 Å². The van der Waals surface area contributed by atoms with Crippen LogP contribution in [-0.4, -0.2) is 38.2 Å². The van der Waals surface area contributed by atoms with Crippen LogP contribution in [0.1, 0.15) is 41.1 Å². The van der Waals surface area contributed by atoms with Gasteiger partial charge in [0.05, 0.1) is 17.8 Å². The Kier molecular flexibility index (Phi) is 5.41. The van der Waals surface area contributed by atoms with Crippen molar-refractivity contribution in [2.75, 3.05) is 13.2 Å². The molecule has 7 heteroatoms. The molecule has 0 spiro atoms. The van der Waals surface area contributed by atoms with Crippen LogP contribution in [0.4, 0.5) is 0 Å². The molecule has 1 aliphatic rings. The molecule has 0 aliphatic carbocycles. The van der Waals surface area contributed by atoms with Gasteiger partial charge in [-0.2, -0.15) is 0 Å². The summed E-state index contributed by atoms with van der Waals surface area (Å²) in [6, 6.07) is 6.02. The van der Waals surface area contributed by atoms with Crippen LogP contribution in [0.15, 0.2) is 24.4 Å². The number of aromatic nitrogens is 2. The minimum Gasteiger partial charge on any atom is -0.396 e. The number of aryl methyl sites for hydroxylation is 2. The van der Waals surface area contributed by atoms with Crippen LogP contribution in [0.5, 0.6) is 0 Å². The molecule has 2 aromatic heterocycles. The molecule has 1 aliphatic heterocycles. The Morgan fingerprint density at radius 2 is 2.12 bits per heavy atom. The second-order valence-electron chi connectivity index (χ2n) is 6.00. The van der Waals surface area contributed by atoms with Crippen molar-refractivity contribution in [2.45, 2.75) is 32.4 Å². The lowest BCUT2D eigenvalue weighted by molar-refractivity contribution is 0.247. The number of rotatable bonds is 5. The zero-order valence-corrected chi connectivity index (χ0v) is 16.7. The Morgan fingerprint density at radius 1 is 1.33 bits per heavy atom. The fourth-order valence-electron chi connectivity index (χ4n) is 3.32. The smallest absolute Gasteiger partial charge is 0.170 e. The summed E-state index contributed by atoms with van der Waals surface area (Å²) in [7, 11) is 0. The number of nitrogens with one attached hydrogen (secondary N) is 2. The minimum atomic E-state index is -0.000177. The monoisotopic (exact) mass is 456 g/mol. The van der Waals surface area contributed by atoms with Crippen LogP contribution in [0.3, 0.4) is 0 Å². The highest BCUT2D eigenvalue weighted by Crippen LogP contribution is 2.42. The first kappa shape index (κ1) is 17.6. The van der Waals surface area contributed by atoms with E-state index >= 15 is 0 Å². The van der Waals surface area contributed by atoms with E-state index in [0.717, 1.165) is 23.0 Å². The van der Waals surface area contributed by atoms with Crippen molar-refractivity contribution >= 4 is 39.9 Å². The van der Waals surface area contributed by atoms with Crippen LogP contribution >= 0.6 is 34.8 Å². The summed E-state index contributed by atoms with van der Waals surface area (Å²) >= 11 is 7.99. The molecule has 5 nitrogen and oxygen atoms in total. The lowest BCUT2D eigenvalue weighted by Crippen LogP contribution is -2.31. The molecule has 0 unspecified atom stereocenters. The maximum Gasteiger partial charge on any atom is 0.170 e. The van der Waals surface area contributed by atoms with Crippen molar-refractivity contribution in [1.29, 1.82) is 0 Å². The molecule has 2 atom stereocenters. The van der Waals surface area contributed by atoms with E-state index in [1.807, 2.05) is 24.4 Å².